The molecule has 2 aromatic carbocycles. The number of benzene rings is 2. The van der Waals surface area contributed by atoms with Gasteiger partial charge in [0.15, 0.2) is 0 Å². The van der Waals surface area contributed by atoms with E-state index in [4.69, 9.17) is 0 Å². The molecule has 0 saturated carbocycles. The van der Waals surface area contributed by atoms with E-state index in [0.29, 0.717) is 6.42 Å². The number of nitrogens with one attached hydrogen (secondary N) is 1. The summed E-state index contributed by atoms with van der Waals surface area (Å²) in [6.45, 7) is 0. The summed E-state index contributed by atoms with van der Waals surface area (Å²) in [6, 6.07) is 15.1. The minimum atomic E-state index is -0.906. The third kappa shape index (κ3) is 3.74. The van der Waals surface area contributed by atoms with Crippen LogP contribution in [-0.4, -0.2) is 22.2 Å². The van der Waals surface area contributed by atoms with Crippen LogP contribution in [0.4, 0.5) is 5.69 Å². The fourth-order valence-electron chi connectivity index (χ4n) is 1.80. The molecule has 98 valence electrons. The first kappa shape index (κ1) is 13.0. The number of phenolic OH excluding ortho intramolecular Hbond substituents is 1. The molecule has 0 aliphatic carbocycles. The Morgan fingerprint density at radius 1 is 1.05 bits per heavy atom. The van der Waals surface area contributed by atoms with Crippen molar-refractivity contribution in [2.45, 2.75) is 12.5 Å². The lowest BCUT2D eigenvalue weighted by molar-refractivity contribution is -0.137. The number of carboxylic acids is 1. The van der Waals surface area contributed by atoms with Crippen LogP contribution in [0.5, 0.6) is 5.75 Å². The second kappa shape index (κ2) is 5.91. The Balaban J connectivity index is 2.08. The van der Waals surface area contributed by atoms with Crippen molar-refractivity contribution >= 4 is 11.7 Å². The number of carboxylic acid groups (broad SMARTS) is 1. The molecule has 0 radical (unpaired) electrons. The minimum Gasteiger partial charge on any atom is -0.508 e. The molecule has 0 saturated heterocycles. The summed E-state index contributed by atoms with van der Waals surface area (Å²) in [5, 5.41) is 21.4. The van der Waals surface area contributed by atoms with Gasteiger partial charge in [-0.3, -0.25) is 0 Å². The van der Waals surface area contributed by atoms with Gasteiger partial charge in [0, 0.05) is 12.1 Å². The third-order valence-electron chi connectivity index (χ3n) is 2.79. The van der Waals surface area contributed by atoms with Crippen molar-refractivity contribution in [3.8, 4) is 5.75 Å². The summed E-state index contributed by atoms with van der Waals surface area (Å²) in [5.74, 6) is -0.733. The van der Waals surface area contributed by atoms with E-state index in [1.807, 2.05) is 30.3 Å². The Hall–Kier alpha value is -2.49. The minimum absolute atomic E-state index is 0.173. The molecule has 1 unspecified atom stereocenters. The zero-order chi connectivity index (χ0) is 13.7. The van der Waals surface area contributed by atoms with Gasteiger partial charge in [0.1, 0.15) is 11.8 Å². The summed E-state index contributed by atoms with van der Waals surface area (Å²) in [4.78, 5) is 11.3. The van der Waals surface area contributed by atoms with E-state index >= 15 is 0 Å². The SMILES string of the molecule is O=C(O)C(Cc1ccc(O)cc1)Nc1ccccc1. The summed E-state index contributed by atoms with van der Waals surface area (Å²) in [7, 11) is 0. The highest BCUT2D eigenvalue weighted by atomic mass is 16.4. The van der Waals surface area contributed by atoms with Crippen LogP contribution in [0.3, 0.4) is 0 Å². The van der Waals surface area contributed by atoms with Crippen LogP contribution < -0.4 is 5.32 Å². The highest BCUT2D eigenvalue weighted by molar-refractivity contribution is 5.77. The monoisotopic (exact) mass is 257 g/mol. The fraction of sp³-hybridized carbons (Fsp3) is 0.133. The van der Waals surface area contributed by atoms with Gasteiger partial charge in [0.05, 0.1) is 0 Å². The van der Waals surface area contributed by atoms with Crippen molar-refractivity contribution in [2.75, 3.05) is 5.32 Å². The molecule has 2 rings (SSSR count). The lowest BCUT2D eigenvalue weighted by atomic mass is 10.1. The van der Waals surface area contributed by atoms with Crippen LogP contribution in [0, 0.1) is 0 Å². The fourth-order valence-corrected chi connectivity index (χ4v) is 1.80. The number of phenols is 1. The maximum Gasteiger partial charge on any atom is 0.326 e. The number of rotatable bonds is 5. The van der Waals surface area contributed by atoms with E-state index in [9.17, 15) is 15.0 Å². The van der Waals surface area contributed by atoms with E-state index in [1.54, 1.807) is 24.3 Å². The molecule has 0 aromatic heterocycles. The molecule has 0 amide bonds. The lowest BCUT2D eigenvalue weighted by Crippen LogP contribution is -2.31. The number of anilines is 1. The molecule has 4 nitrogen and oxygen atoms in total. The van der Waals surface area contributed by atoms with Gasteiger partial charge in [-0.1, -0.05) is 30.3 Å². The second-order valence-corrected chi connectivity index (χ2v) is 4.27. The van der Waals surface area contributed by atoms with Gasteiger partial charge in [-0.05, 0) is 29.8 Å². The summed E-state index contributed by atoms with van der Waals surface area (Å²) in [5.41, 5.74) is 1.63. The number of carbonyl (C=O) groups is 1. The van der Waals surface area contributed by atoms with Crippen LogP contribution in [0.2, 0.25) is 0 Å². The molecule has 0 heterocycles. The van der Waals surface area contributed by atoms with Crippen LogP contribution in [0.25, 0.3) is 0 Å². The van der Waals surface area contributed by atoms with Gasteiger partial charge in [0.2, 0.25) is 0 Å². The van der Waals surface area contributed by atoms with E-state index in [1.165, 1.54) is 0 Å². The van der Waals surface area contributed by atoms with Crippen molar-refractivity contribution < 1.29 is 15.0 Å². The van der Waals surface area contributed by atoms with Crippen LogP contribution >= 0.6 is 0 Å². The Morgan fingerprint density at radius 3 is 2.26 bits per heavy atom. The number of para-hydroxylation sites is 1. The Morgan fingerprint density at radius 2 is 1.68 bits per heavy atom. The topological polar surface area (TPSA) is 69.6 Å². The molecule has 3 N–H and O–H groups in total. The van der Waals surface area contributed by atoms with Crippen molar-refractivity contribution in [3.05, 3.63) is 60.2 Å². The summed E-state index contributed by atoms with van der Waals surface area (Å²) in [6.07, 6.45) is 0.352. The normalized spacial score (nSPS) is 11.8. The second-order valence-electron chi connectivity index (χ2n) is 4.27. The van der Waals surface area contributed by atoms with Gasteiger partial charge in [-0.15, -0.1) is 0 Å². The van der Waals surface area contributed by atoms with E-state index < -0.39 is 12.0 Å². The first-order chi connectivity index (χ1) is 9.15. The van der Waals surface area contributed by atoms with Gasteiger partial charge in [-0.2, -0.15) is 0 Å². The largest absolute Gasteiger partial charge is 0.508 e. The van der Waals surface area contributed by atoms with Crippen LogP contribution in [-0.2, 0) is 11.2 Å². The summed E-state index contributed by atoms with van der Waals surface area (Å²) >= 11 is 0. The van der Waals surface area contributed by atoms with Gasteiger partial charge in [0.25, 0.3) is 0 Å². The average Bonchev–Trinajstić information content (AvgIpc) is 2.41. The quantitative estimate of drug-likeness (QED) is 0.769. The van der Waals surface area contributed by atoms with E-state index in [2.05, 4.69) is 5.32 Å². The predicted molar refractivity (Wildman–Crippen MR) is 73.3 cm³/mol. The highest BCUT2D eigenvalue weighted by Crippen LogP contribution is 2.14. The van der Waals surface area contributed by atoms with Gasteiger partial charge >= 0.3 is 5.97 Å². The smallest absolute Gasteiger partial charge is 0.326 e. The average molecular weight is 257 g/mol. The highest BCUT2D eigenvalue weighted by Gasteiger charge is 2.17. The van der Waals surface area contributed by atoms with Crippen molar-refractivity contribution in [1.29, 1.82) is 0 Å². The maximum absolute atomic E-state index is 11.3. The van der Waals surface area contributed by atoms with Gasteiger partial charge < -0.3 is 15.5 Å². The van der Waals surface area contributed by atoms with Crippen LogP contribution in [0.15, 0.2) is 54.6 Å². The van der Waals surface area contributed by atoms with Gasteiger partial charge in [-0.25, -0.2) is 4.79 Å². The maximum atomic E-state index is 11.3. The third-order valence-corrected chi connectivity index (χ3v) is 2.79. The Bertz CT molecular complexity index is 537. The Kier molecular flexibility index (Phi) is 4.03. The molecule has 4 heteroatoms. The number of aromatic hydroxyl groups is 1. The first-order valence-electron chi connectivity index (χ1n) is 5.97. The summed E-state index contributed by atoms with van der Waals surface area (Å²) < 4.78 is 0. The molecule has 0 spiro atoms. The molecular weight excluding hydrogens is 242 g/mol. The predicted octanol–water partition coefficient (Wildman–Crippen LogP) is 2.50. The zero-order valence-electron chi connectivity index (χ0n) is 10.3. The van der Waals surface area contributed by atoms with E-state index in [0.717, 1.165) is 11.3 Å². The van der Waals surface area contributed by atoms with Crippen LogP contribution in [0.1, 0.15) is 5.56 Å². The Labute approximate surface area is 111 Å². The number of aliphatic carboxylic acids is 1. The first-order valence-corrected chi connectivity index (χ1v) is 5.97. The molecule has 0 fully saturated rings. The molecule has 0 bridgehead atoms. The van der Waals surface area contributed by atoms with Crippen molar-refractivity contribution in [2.24, 2.45) is 0 Å². The van der Waals surface area contributed by atoms with Crippen molar-refractivity contribution in [3.63, 3.8) is 0 Å². The van der Waals surface area contributed by atoms with E-state index in [-0.39, 0.29) is 5.75 Å². The molecule has 2 aromatic rings. The molecular formula is C15H15NO3. The zero-order valence-corrected chi connectivity index (χ0v) is 10.3. The lowest BCUT2D eigenvalue weighted by Gasteiger charge is -2.15. The molecule has 19 heavy (non-hydrogen) atoms. The standard InChI is InChI=1S/C15H15NO3/c17-13-8-6-11(7-9-13)10-14(15(18)19)16-12-4-2-1-3-5-12/h1-9,14,16-17H,10H2,(H,18,19). The molecule has 1 atom stereocenters. The molecule has 0 aliphatic heterocycles. The number of hydrogen-bond donors (Lipinski definition) is 3. The number of hydrogen-bond acceptors (Lipinski definition) is 3. The van der Waals surface area contributed by atoms with Crippen molar-refractivity contribution in [1.82, 2.24) is 0 Å². The molecule has 0 aliphatic rings.